The molecule has 0 bridgehead atoms. The van der Waals surface area contributed by atoms with Crippen molar-refractivity contribution in [2.75, 3.05) is 11.1 Å². The molecule has 1 amide bonds. The molecule has 4 rings (SSSR count). The molecule has 1 heterocycles. The number of nitrogens with one attached hydrogen (secondary N) is 1. The van der Waals surface area contributed by atoms with E-state index >= 15 is 0 Å². The summed E-state index contributed by atoms with van der Waals surface area (Å²) in [6.45, 7) is 2.01. The molecule has 4 aromatic rings. The van der Waals surface area contributed by atoms with Gasteiger partial charge in [-0.1, -0.05) is 59.3 Å². The minimum atomic E-state index is -0.480. The van der Waals surface area contributed by atoms with Crippen LogP contribution < -0.4 is 5.32 Å². The third kappa shape index (κ3) is 4.95. The van der Waals surface area contributed by atoms with Crippen LogP contribution in [0.2, 0.25) is 5.02 Å². The van der Waals surface area contributed by atoms with E-state index < -0.39 is 5.82 Å². The minimum Gasteiger partial charge on any atom is -0.323 e. The van der Waals surface area contributed by atoms with Crippen molar-refractivity contribution in [2.24, 2.45) is 0 Å². The van der Waals surface area contributed by atoms with Crippen LogP contribution in [0.4, 0.5) is 10.1 Å². The molecule has 8 heteroatoms. The Morgan fingerprint density at radius 2 is 1.84 bits per heavy atom. The van der Waals surface area contributed by atoms with Gasteiger partial charge in [0.25, 0.3) is 0 Å². The number of hydrogen-bond donors (Lipinski definition) is 1. The first-order chi connectivity index (χ1) is 15.0. The second-order valence-corrected chi connectivity index (χ2v) is 8.18. The highest BCUT2D eigenvalue weighted by Gasteiger charge is 2.18. The lowest BCUT2D eigenvalue weighted by Gasteiger charge is -2.11. The molecule has 0 aliphatic heterocycles. The van der Waals surface area contributed by atoms with Crippen molar-refractivity contribution in [3.8, 4) is 17.1 Å². The summed E-state index contributed by atoms with van der Waals surface area (Å²) in [4.78, 5) is 12.4. The molecule has 0 aliphatic carbocycles. The van der Waals surface area contributed by atoms with Gasteiger partial charge in [0, 0.05) is 16.3 Å². The molecule has 1 N–H and O–H groups in total. The Bertz CT molecular complexity index is 1230. The van der Waals surface area contributed by atoms with Gasteiger partial charge in [0.1, 0.15) is 5.82 Å². The number of aryl methyl sites for hydroxylation is 1. The Morgan fingerprint density at radius 3 is 2.58 bits per heavy atom. The summed E-state index contributed by atoms with van der Waals surface area (Å²) in [6, 6.07) is 21.3. The predicted molar refractivity (Wildman–Crippen MR) is 122 cm³/mol. The van der Waals surface area contributed by atoms with E-state index in [0.29, 0.717) is 16.0 Å². The number of thioether (sulfide) groups is 1. The van der Waals surface area contributed by atoms with E-state index in [1.807, 2.05) is 47.9 Å². The van der Waals surface area contributed by atoms with Gasteiger partial charge < -0.3 is 5.32 Å². The van der Waals surface area contributed by atoms with Gasteiger partial charge in [0.2, 0.25) is 5.91 Å². The zero-order chi connectivity index (χ0) is 21.8. The summed E-state index contributed by atoms with van der Waals surface area (Å²) in [5.41, 5.74) is 2.97. The standard InChI is InChI=1S/C23H18ClFN4OS/c1-15-5-4-6-16(13-15)22-27-28-23(29(22)18-11-9-17(24)10-12-18)31-14-21(30)26-20-8-3-2-7-19(20)25/h2-13H,14H2,1H3,(H,26,30). The number of amides is 1. The zero-order valence-corrected chi connectivity index (χ0v) is 18.1. The molecule has 5 nitrogen and oxygen atoms in total. The topological polar surface area (TPSA) is 59.8 Å². The fourth-order valence-electron chi connectivity index (χ4n) is 3.04. The number of carbonyl (C=O) groups is 1. The zero-order valence-electron chi connectivity index (χ0n) is 16.5. The van der Waals surface area contributed by atoms with Gasteiger partial charge in [-0.3, -0.25) is 9.36 Å². The van der Waals surface area contributed by atoms with Crippen LogP contribution in [0.3, 0.4) is 0 Å². The molecule has 0 atom stereocenters. The maximum Gasteiger partial charge on any atom is 0.234 e. The van der Waals surface area contributed by atoms with Crippen LogP contribution in [0.25, 0.3) is 17.1 Å². The molecular weight excluding hydrogens is 435 g/mol. The van der Waals surface area contributed by atoms with Crippen LogP contribution >= 0.6 is 23.4 Å². The van der Waals surface area contributed by atoms with Crippen molar-refractivity contribution in [3.05, 3.63) is 89.2 Å². The Balaban J connectivity index is 1.62. The van der Waals surface area contributed by atoms with Crippen molar-refractivity contribution in [1.29, 1.82) is 0 Å². The minimum absolute atomic E-state index is 0.0495. The largest absolute Gasteiger partial charge is 0.323 e. The number of rotatable bonds is 6. The van der Waals surface area contributed by atoms with Gasteiger partial charge in [0.15, 0.2) is 11.0 Å². The monoisotopic (exact) mass is 452 g/mol. The fraction of sp³-hybridized carbons (Fsp3) is 0.0870. The molecule has 0 unspecified atom stereocenters. The summed E-state index contributed by atoms with van der Waals surface area (Å²) < 4.78 is 15.7. The first kappa shape index (κ1) is 21.1. The van der Waals surface area contributed by atoms with Crippen molar-refractivity contribution >= 4 is 35.0 Å². The van der Waals surface area contributed by atoms with Gasteiger partial charge in [-0.15, -0.1) is 10.2 Å². The lowest BCUT2D eigenvalue weighted by Crippen LogP contribution is -2.15. The van der Waals surface area contributed by atoms with Crippen LogP contribution in [0.5, 0.6) is 0 Å². The van der Waals surface area contributed by atoms with Crippen LogP contribution in [0.1, 0.15) is 5.56 Å². The highest BCUT2D eigenvalue weighted by Crippen LogP contribution is 2.29. The number of para-hydroxylation sites is 1. The number of halogens is 2. The molecule has 0 radical (unpaired) electrons. The van der Waals surface area contributed by atoms with E-state index in [2.05, 4.69) is 15.5 Å². The second kappa shape index (κ2) is 9.32. The van der Waals surface area contributed by atoms with Crippen LogP contribution in [-0.4, -0.2) is 26.4 Å². The van der Waals surface area contributed by atoms with E-state index in [1.165, 1.54) is 23.9 Å². The first-order valence-corrected chi connectivity index (χ1v) is 10.8. The average Bonchev–Trinajstić information content (AvgIpc) is 3.18. The van der Waals surface area contributed by atoms with Crippen LogP contribution in [0.15, 0.2) is 78.0 Å². The van der Waals surface area contributed by atoms with E-state index in [9.17, 15) is 9.18 Å². The number of aromatic nitrogens is 3. The van der Waals surface area contributed by atoms with Crippen molar-refractivity contribution < 1.29 is 9.18 Å². The summed E-state index contributed by atoms with van der Waals surface area (Å²) in [5.74, 6) is -0.110. The number of nitrogens with zero attached hydrogens (tertiary/aromatic N) is 3. The molecule has 1 aromatic heterocycles. The second-order valence-electron chi connectivity index (χ2n) is 6.80. The molecule has 156 valence electrons. The molecule has 0 aliphatic rings. The van der Waals surface area contributed by atoms with Crippen molar-refractivity contribution in [2.45, 2.75) is 12.1 Å². The summed E-state index contributed by atoms with van der Waals surface area (Å²) >= 11 is 7.27. The molecular formula is C23H18ClFN4OS. The molecule has 0 fully saturated rings. The van der Waals surface area contributed by atoms with Gasteiger partial charge >= 0.3 is 0 Å². The first-order valence-electron chi connectivity index (χ1n) is 9.47. The fourth-order valence-corrected chi connectivity index (χ4v) is 3.91. The molecule has 31 heavy (non-hydrogen) atoms. The molecule has 0 saturated carbocycles. The summed E-state index contributed by atoms with van der Waals surface area (Å²) in [6.07, 6.45) is 0. The molecule has 0 saturated heterocycles. The Morgan fingerprint density at radius 1 is 1.06 bits per heavy atom. The van der Waals surface area contributed by atoms with Gasteiger partial charge in [0.05, 0.1) is 11.4 Å². The van der Waals surface area contributed by atoms with Crippen LogP contribution in [-0.2, 0) is 4.79 Å². The Kier molecular flexibility index (Phi) is 6.34. The maximum atomic E-state index is 13.8. The summed E-state index contributed by atoms with van der Waals surface area (Å²) in [5, 5.41) is 12.4. The van der Waals surface area contributed by atoms with Crippen molar-refractivity contribution in [1.82, 2.24) is 14.8 Å². The highest BCUT2D eigenvalue weighted by atomic mass is 35.5. The van der Waals surface area contributed by atoms with Gasteiger partial charge in [-0.25, -0.2) is 4.39 Å². The van der Waals surface area contributed by atoms with Gasteiger partial charge in [-0.05, 0) is 49.4 Å². The quantitative estimate of drug-likeness (QED) is 0.377. The number of benzene rings is 3. The van der Waals surface area contributed by atoms with Crippen molar-refractivity contribution in [3.63, 3.8) is 0 Å². The van der Waals surface area contributed by atoms with E-state index in [4.69, 9.17) is 11.6 Å². The molecule has 0 spiro atoms. The lowest BCUT2D eigenvalue weighted by molar-refractivity contribution is -0.113. The van der Waals surface area contributed by atoms with E-state index in [-0.39, 0.29) is 17.3 Å². The lowest BCUT2D eigenvalue weighted by atomic mass is 10.1. The SMILES string of the molecule is Cc1cccc(-c2nnc(SCC(=O)Nc3ccccc3F)n2-c2ccc(Cl)cc2)c1. The highest BCUT2D eigenvalue weighted by molar-refractivity contribution is 7.99. The third-order valence-corrected chi connectivity index (χ3v) is 5.66. The number of anilines is 1. The third-order valence-electron chi connectivity index (χ3n) is 4.47. The smallest absolute Gasteiger partial charge is 0.234 e. The predicted octanol–water partition coefficient (Wildman–Crippen LogP) is 5.77. The Hall–Kier alpha value is -3.16. The summed E-state index contributed by atoms with van der Waals surface area (Å²) in [7, 11) is 0. The van der Waals surface area contributed by atoms with E-state index in [0.717, 1.165) is 16.8 Å². The maximum absolute atomic E-state index is 13.8. The van der Waals surface area contributed by atoms with E-state index in [1.54, 1.807) is 24.3 Å². The van der Waals surface area contributed by atoms with Gasteiger partial charge in [-0.2, -0.15) is 0 Å². The number of carbonyl (C=O) groups excluding carboxylic acids is 1. The average molecular weight is 453 g/mol. The number of hydrogen-bond acceptors (Lipinski definition) is 4. The normalized spacial score (nSPS) is 10.8. The molecule has 3 aromatic carbocycles. The van der Waals surface area contributed by atoms with Crippen LogP contribution in [0, 0.1) is 12.7 Å². The Labute approximate surface area is 188 Å².